The molecule has 0 amide bonds. The smallest absolute Gasteiger partial charge is 0.243 e. The zero-order valence-electron chi connectivity index (χ0n) is 12.1. The fourth-order valence-electron chi connectivity index (χ4n) is 1.89. The molecule has 0 unspecified atom stereocenters. The van der Waals surface area contributed by atoms with Gasteiger partial charge in [-0.3, -0.25) is 0 Å². The summed E-state index contributed by atoms with van der Waals surface area (Å²) < 4.78 is 45.3. The van der Waals surface area contributed by atoms with E-state index in [1.165, 1.54) is 12.1 Å². The largest absolute Gasteiger partial charge is 0.380 e. The number of benzene rings is 1. The average molecular weight is 316 g/mol. The quantitative estimate of drug-likeness (QED) is 0.676. The molecule has 1 aromatic rings. The third kappa shape index (κ3) is 5.03. The van der Waals surface area contributed by atoms with E-state index in [0.29, 0.717) is 19.2 Å². The van der Waals surface area contributed by atoms with Crippen LogP contribution in [-0.2, 0) is 21.3 Å². The lowest BCUT2D eigenvalue weighted by Gasteiger charge is -2.09. The van der Waals surface area contributed by atoms with Crippen LogP contribution in [0.15, 0.2) is 23.1 Å². The number of ether oxygens (including phenoxy) is 1. The van der Waals surface area contributed by atoms with E-state index in [9.17, 15) is 12.8 Å². The maximum atomic E-state index is 14.0. The summed E-state index contributed by atoms with van der Waals surface area (Å²) >= 11 is 0. The Labute approximate surface area is 124 Å². The third-order valence-electron chi connectivity index (χ3n) is 3.20. The topological polar surface area (TPSA) is 67.4 Å². The summed E-state index contributed by atoms with van der Waals surface area (Å²) in [4.78, 5) is -0.325. The standard InChI is InChI=1S/C14H21FN2O3S/c1-2-20-8-7-17-21(18,19)14-6-3-11(9-13(14)15)10-16-12-4-5-12/h3,6,9,12,16-17H,2,4-5,7-8,10H2,1H3. The van der Waals surface area contributed by atoms with Crippen LogP contribution < -0.4 is 10.0 Å². The van der Waals surface area contributed by atoms with Crippen LogP contribution in [0.1, 0.15) is 25.3 Å². The molecule has 1 aromatic carbocycles. The Bertz CT molecular complexity index is 574. The van der Waals surface area contributed by atoms with Crippen LogP contribution in [0.25, 0.3) is 0 Å². The number of hydrogen-bond donors (Lipinski definition) is 2. The maximum absolute atomic E-state index is 14.0. The summed E-state index contributed by atoms with van der Waals surface area (Å²) in [6.45, 7) is 3.28. The summed E-state index contributed by atoms with van der Waals surface area (Å²) in [5.74, 6) is -0.728. The zero-order valence-corrected chi connectivity index (χ0v) is 12.9. The van der Waals surface area contributed by atoms with Crippen LogP contribution in [0.2, 0.25) is 0 Å². The van der Waals surface area contributed by atoms with Crippen molar-refractivity contribution < 1.29 is 17.5 Å². The van der Waals surface area contributed by atoms with Crippen LogP contribution in [0, 0.1) is 5.82 Å². The first-order valence-electron chi connectivity index (χ1n) is 7.12. The van der Waals surface area contributed by atoms with E-state index in [1.807, 2.05) is 6.92 Å². The number of rotatable bonds is 9. The summed E-state index contributed by atoms with van der Waals surface area (Å²) in [5.41, 5.74) is 0.743. The van der Waals surface area contributed by atoms with Crippen molar-refractivity contribution in [1.29, 1.82) is 0 Å². The van der Waals surface area contributed by atoms with Crippen molar-refractivity contribution in [3.8, 4) is 0 Å². The molecule has 0 saturated heterocycles. The van der Waals surface area contributed by atoms with Crippen molar-refractivity contribution in [1.82, 2.24) is 10.0 Å². The average Bonchev–Trinajstić information content (AvgIpc) is 3.25. The minimum Gasteiger partial charge on any atom is -0.380 e. The second-order valence-electron chi connectivity index (χ2n) is 5.01. The molecular weight excluding hydrogens is 295 g/mol. The van der Waals surface area contributed by atoms with Gasteiger partial charge in [0.15, 0.2) is 0 Å². The highest BCUT2D eigenvalue weighted by Crippen LogP contribution is 2.20. The predicted octanol–water partition coefficient (Wildman–Crippen LogP) is 1.39. The Balaban J connectivity index is 1.97. The van der Waals surface area contributed by atoms with Gasteiger partial charge in [-0.2, -0.15) is 0 Å². The second-order valence-corrected chi connectivity index (χ2v) is 6.75. The van der Waals surface area contributed by atoms with E-state index >= 15 is 0 Å². The van der Waals surface area contributed by atoms with Gasteiger partial charge in [0.2, 0.25) is 10.0 Å². The molecule has 5 nitrogen and oxygen atoms in total. The fraction of sp³-hybridized carbons (Fsp3) is 0.571. The minimum atomic E-state index is -3.83. The van der Waals surface area contributed by atoms with Crippen LogP contribution in [0.4, 0.5) is 4.39 Å². The molecule has 0 aliphatic heterocycles. The molecule has 0 atom stereocenters. The van der Waals surface area contributed by atoms with Gasteiger partial charge in [-0.25, -0.2) is 17.5 Å². The number of hydrogen-bond acceptors (Lipinski definition) is 4. The van der Waals surface area contributed by atoms with Crippen molar-refractivity contribution in [3.05, 3.63) is 29.6 Å². The molecule has 118 valence electrons. The third-order valence-corrected chi connectivity index (χ3v) is 4.69. The first kappa shape index (κ1) is 16.4. The number of halogens is 1. The van der Waals surface area contributed by atoms with Gasteiger partial charge >= 0.3 is 0 Å². The van der Waals surface area contributed by atoms with E-state index in [2.05, 4.69) is 10.0 Å². The van der Waals surface area contributed by atoms with Gasteiger partial charge in [0.25, 0.3) is 0 Å². The second kappa shape index (κ2) is 7.31. The van der Waals surface area contributed by atoms with Crippen molar-refractivity contribution in [2.75, 3.05) is 19.8 Å². The lowest BCUT2D eigenvalue weighted by Crippen LogP contribution is -2.28. The van der Waals surface area contributed by atoms with E-state index in [0.717, 1.165) is 18.4 Å². The van der Waals surface area contributed by atoms with E-state index in [-0.39, 0.29) is 18.0 Å². The Morgan fingerprint density at radius 3 is 2.76 bits per heavy atom. The van der Waals surface area contributed by atoms with Crippen LogP contribution in [0.5, 0.6) is 0 Å². The zero-order chi connectivity index (χ0) is 15.3. The predicted molar refractivity (Wildman–Crippen MR) is 77.9 cm³/mol. The van der Waals surface area contributed by atoms with E-state index < -0.39 is 15.8 Å². The molecule has 0 bridgehead atoms. The lowest BCUT2D eigenvalue weighted by atomic mass is 10.2. The minimum absolute atomic E-state index is 0.126. The van der Waals surface area contributed by atoms with Crippen molar-refractivity contribution in [2.45, 2.75) is 37.2 Å². The van der Waals surface area contributed by atoms with Gasteiger partial charge in [-0.1, -0.05) is 6.07 Å². The van der Waals surface area contributed by atoms with Crippen LogP contribution in [0.3, 0.4) is 0 Å². The maximum Gasteiger partial charge on any atom is 0.243 e. The molecule has 1 saturated carbocycles. The van der Waals surface area contributed by atoms with Gasteiger partial charge < -0.3 is 10.1 Å². The highest BCUT2D eigenvalue weighted by atomic mass is 32.2. The van der Waals surface area contributed by atoms with Crippen LogP contribution >= 0.6 is 0 Å². The molecule has 21 heavy (non-hydrogen) atoms. The van der Waals surface area contributed by atoms with Gasteiger partial charge in [-0.15, -0.1) is 0 Å². The molecule has 1 fully saturated rings. The van der Waals surface area contributed by atoms with E-state index in [1.54, 1.807) is 6.07 Å². The Morgan fingerprint density at radius 2 is 2.14 bits per heavy atom. The first-order valence-corrected chi connectivity index (χ1v) is 8.60. The van der Waals surface area contributed by atoms with Gasteiger partial charge in [0, 0.05) is 25.7 Å². The molecule has 7 heteroatoms. The van der Waals surface area contributed by atoms with Gasteiger partial charge in [0.05, 0.1) is 6.61 Å². The van der Waals surface area contributed by atoms with Gasteiger partial charge in [0.1, 0.15) is 10.7 Å². The Morgan fingerprint density at radius 1 is 1.38 bits per heavy atom. The Kier molecular flexibility index (Phi) is 5.69. The lowest BCUT2D eigenvalue weighted by molar-refractivity contribution is 0.153. The highest BCUT2D eigenvalue weighted by Gasteiger charge is 2.21. The molecule has 1 aliphatic rings. The first-order chi connectivity index (χ1) is 10.0. The normalized spacial score (nSPS) is 15.3. The summed E-state index contributed by atoms with van der Waals surface area (Å²) in [6.07, 6.45) is 2.30. The molecule has 0 aromatic heterocycles. The highest BCUT2D eigenvalue weighted by molar-refractivity contribution is 7.89. The molecular formula is C14H21FN2O3S. The monoisotopic (exact) mass is 316 g/mol. The number of sulfonamides is 1. The van der Waals surface area contributed by atoms with Crippen molar-refractivity contribution in [2.24, 2.45) is 0 Å². The molecule has 1 aliphatic carbocycles. The molecule has 2 N–H and O–H groups in total. The van der Waals surface area contributed by atoms with Crippen molar-refractivity contribution in [3.63, 3.8) is 0 Å². The molecule has 0 radical (unpaired) electrons. The molecule has 2 rings (SSSR count). The Hall–Kier alpha value is -1.02. The summed E-state index contributed by atoms with van der Waals surface area (Å²) in [5, 5.41) is 3.26. The van der Waals surface area contributed by atoms with Gasteiger partial charge in [-0.05, 0) is 37.5 Å². The fourth-order valence-corrected chi connectivity index (χ4v) is 2.96. The van der Waals surface area contributed by atoms with Crippen molar-refractivity contribution >= 4 is 10.0 Å². The van der Waals surface area contributed by atoms with E-state index in [4.69, 9.17) is 4.74 Å². The SMILES string of the molecule is CCOCCNS(=O)(=O)c1ccc(CNC2CC2)cc1F. The molecule has 0 heterocycles. The number of nitrogens with one attached hydrogen (secondary N) is 2. The van der Waals surface area contributed by atoms with Crippen LogP contribution in [-0.4, -0.2) is 34.2 Å². The molecule has 0 spiro atoms. The summed E-state index contributed by atoms with van der Waals surface area (Å²) in [6, 6.07) is 4.74. The summed E-state index contributed by atoms with van der Waals surface area (Å²) in [7, 11) is -3.83.